The third-order valence-electron chi connectivity index (χ3n) is 14.2. The van der Waals surface area contributed by atoms with Crippen LogP contribution < -0.4 is 14.5 Å². The molecule has 10 aromatic rings. The van der Waals surface area contributed by atoms with Crippen molar-refractivity contribution in [1.29, 1.82) is 0 Å². The topological polar surface area (TPSA) is 33.5 Å². The first-order chi connectivity index (χ1) is 30.8. The highest BCUT2D eigenvalue weighted by Gasteiger charge is 2.45. The van der Waals surface area contributed by atoms with Gasteiger partial charge in [-0.1, -0.05) is 167 Å². The van der Waals surface area contributed by atoms with Gasteiger partial charge in [0.1, 0.15) is 24.0 Å². The molecule has 0 amide bonds. The molecular formula is C58H46N4O. The third kappa shape index (κ3) is 5.59. The SMILES string of the molecule is CC1(C)c2cccnc2-n2c3cc(Oc4cccc(N5CN(c6c(-c7ccccc7)cccc6-c6ccccc6)c6c5ccc5ccccc65)c4)ccc3c3cccc(c32)C1(C)C. The van der Waals surface area contributed by atoms with E-state index in [4.69, 9.17) is 9.72 Å². The maximum absolute atomic E-state index is 6.88. The zero-order valence-electron chi connectivity index (χ0n) is 35.9. The molecule has 0 spiro atoms. The number of fused-ring (bicyclic) bond motifs is 8. The molecule has 12 rings (SSSR count). The molecule has 0 fully saturated rings. The Hall–Kier alpha value is -7.63. The summed E-state index contributed by atoms with van der Waals surface area (Å²) in [6, 6.07) is 67.7. The Morgan fingerprint density at radius 3 is 1.92 bits per heavy atom. The molecule has 2 aromatic heterocycles. The van der Waals surface area contributed by atoms with E-state index in [9.17, 15) is 0 Å². The molecule has 0 N–H and O–H groups in total. The number of anilines is 4. The second kappa shape index (κ2) is 13.9. The predicted octanol–water partition coefficient (Wildman–Crippen LogP) is 15.3. The zero-order chi connectivity index (χ0) is 42.5. The zero-order valence-corrected chi connectivity index (χ0v) is 35.9. The van der Waals surface area contributed by atoms with Crippen LogP contribution in [0.25, 0.3) is 60.6 Å². The fourth-order valence-electron chi connectivity index (χ4n) is 10.4. The summed E-state index contributed by atoms with van der Waals surface area (Å²) in [6.45, 7) is 10.1. The number of benzene rings is 8. The lowest BCUT2D eigenvalue weighted by Gasteiger charge is -2.41. The van der Waals surface area contributed by atoms with Crippen LogP contribution in [0.4, 0.5) is 22.7 Å². The summed E-state index contributed by atoms with van der Waals surface area (Å²) in [6.07, 6.45) is 1.92. The summed E-state index contributed by atoms with van der Waals surface area (Å²) in [5.41, 5.74) is 13.9. The summed E-state index contributed by atoms with van der Waals surface area (Å²) in [5, 5.41) is 4.84. The van der Waals surface area contributed by atoms with Gasteiger partial charge in [-0.2, -0.15) is 0 Å². The molecule has 0 atom stereocenters. The van der Waals surface area contributed by atoms with Crippen LogP contribution in [-0.2, 0) is 10.8 Å². The number of pyridine rings is 1. The Morgan fingerprint density at radius 1 is 0.492 bits per heavy atom. The smallest absolute Gasteiger partial charge is 0.141 e. The molecule has 0 bridgehead atoms. The van der Waals surface area contributed by atoms with Crippen molar-refractivity contribution < 1.29 is 4.74 Å². The molecule has 2 aliphatic rings. The molecule has 5 heteroatoms. The van der Waals surface area contributed by atoms with Crippen LogP contribution in [0.5, 0.6) is 11.5 Å². The molecule has 5 nitrogen and oxygen atoms in total. The van der Waals surface area contributed by atoms with Crippen LogP contribution in [0.1, 0.15) is 38.8 Å². The van der Waals surface area contributed by atoms with Gasteiger partial charge in [-0.25, -0.2) is 4.98 Å². The molecule has 8 aromatic carbocycles. The molecule has 0 radical (unpaired) electrons. The van der Waals surface area contributed by atoms with Crippen molar-refractivity contribution in [2.24, 2.45) is 0 Å². The Kier molecular flexibility index (Phi) is 8.23. The lowest BCUT2D eigenvalue weighted by Crippen LogP contribution is -2.40. The van der Waals surface area contributed by atoms with Gasteiger partial charge >= 0.3 is 0 Å². The van der Waals surface area contributed by atoms with Crippen LogP contribution >= 0.6 is 0 Å². The molecule has 0 saturated heterocycles. The van der Waals surface area contributed by atoms with E-state index >= 15 is 0 Å². The quantitative estimate of drug-likeness (QED) is 0.167. The Morgan fingerprint density at radius 2 is 1.14 bits per heavy atom. The number of nitrogens with zero attached hydrogens (tertiary/aromatic N) is 4. The average Bonchev–Trinajstić information content (AvgIpc) is 3.86. The molecule has 0 saturated carbocycles. The van der Waals surface area contributed by atoms with Crippen molar-refractivity contribution in [2.45, 2.75) is 38.5 Å². The second-order valence-corrected chi connectivity index (χ2v) is 18.0. The van der Waals surface area contributed by atoms with Gasteiger partial charge in [-0.05, 0) is 58.5 Å². The Bertz CT molecular complexity index is 3360. The Balaban J connectivity index is 0.985. The van der Waals surface area contributed by atoms with E-state index in [1.165, 1.54) is 71.8 Å². The molecule has 63 heavy (non-hydrogen) atoms. The summed E-state index contributed by atoms with van der Waals surface area (Å²) < 4.78 is 9.26. The van der Waals surface area contributed by atoms with Crippen molar-refractivity contribution in [3.05, 3.63) is 205 Å². The number of aromatic nitrogens is 2. The maximum atomic E-state index is 6.88. The first kappa shape index (κ1) is 37.2. The van der Waals surface area contributed by atoms with Crippen LogP contribution in [0.3, 0.4) is 0 Å². The van der Waals surface area contributed by atoms with E-state index in [2.05, 4.69) is 230 Å². The minimum absolute atomic E-state index is 0.157. The molecular weight excluding hydrogens is 769 g/mol. The van der Waals surface area contributed by atoms with E-state index in [0.717, 1.165) is 34.2 Å². The minimum atomic E-state index is -0.173. The predicted molar refractivity (Wildman–Crippen MR) is 262 cm³/mol. The van der Waals surface area contributed by atoms with Gasteiger partial charge in [0, 0.05) is 67.7 Å². The summed E-state index contributed by atoms with van der Waals surface area (Å²) in [7, 11) is 0. The largest absolute Gasteiger partial charge is 0.457 e. The first-order valence-electron chi connectivity index (χ1n) is 21.9. The highest BCUT2D eigenvalue weighted by atomic mass is 16.5. The van der Waals surface area contributed by atoms with Gasteiger partial charge in [0.2, 0.25) is 0 Å². The molecule has 304 valence electrons. The number of rotatable bonds is 6. The van der Waals surface area contributed by atoms with E-state index in [0.29, 0.717) is 6.67 Å². The van der Waals surface area contributed by atoms with Gasteiger partial charge in [0.05, 0.1) is 28.1 Å². The summed E-state index contributed by atoms with van der Waals surface area (Å²) in [5.74, 6) is 2.53. The summed E-state index contributed by atoms with van der Waals surface area (Å²) in [4.78, 5) is 10.0. The van der Waals surface area contributed by atoms with Crippen molar-refractivity contribution in [3.63, 3.8) is 0 Å². The van der Waals surface area contributed by atoms with Gasteiger partial charge in [0.15, 0.2) is 0 Å². The maximum Gasteiger partial charge on any atom is 0.141 e. The van der Waals surface area contributed by atoms with Crippen molar-refractivity contribution in [2.75, 3.05) is 16.5 Å². The minimum Gasteiger partial charge on any atom is -0.457 e. The number of hydrogen-bond donors (Lipinski definition) is 0. The highest BCUT2D eigenvalue weighted by molar-refractivity contribution is 6.12. The fourth-order valence-corrected chi connectivity index (χ4v) is 10.4. The molecule has 2 aliphatic heterocycles. The lowest BCUT2D eigenvalue weighted by atomic mass is 9.61. The van der Waals surface area contributed by atoms with E-state index in [1.807, 2.05) is 6.20 Å². The van der Waals surface area contributed by atoms with Crippen LogP contribution in [-0.4, -0.2) is 16.2 Å². The third-order valence-corrected chi connectivity index (χ3v) is 14.2. The van der Waals surface area contributed by atoms with Gasteiger partial charge in [-0.15, -0.1) is 0 Å². The Labute approximate surface area is 368 Å². The van der Waals surface area contributed by atoms with Gasteiger partial charge in [-0.3, -0.25) is 4.57 Å². The van der Waals surface area contributed by atoms with Crippen molar-refractivity contribution in [1.82, 2.24) is 9.55 Å². The highest BCUT2D eigenvalue weighted by Crippen LogP contribution is 2.54. The van der Waals surface area contributed by atoms with Crippen molar-refractivity contribution in [3.8, 4) is 39.6 Å². The van der Waals surface area contributed by atoms with Crippen molar-refractivity contribution >= 4 is 55.3 Å². The average molecular weight is 815 g/mol. The molecule has 0 unspecified atom stereocenters. The number of ether oxygens (including phenoxy) is 1. The van der Waals surface area contributed by atoms with Crippen LogP contribution in [0.2, 0.25) is 0 Å². The van der Waals surface area contributed by atoms with E-state index < -0.39 is 0 Å². The molecule has 4 heterocycles. The number of hydrogen-bond acceptors (Lipinski definition) is 4. The normalized spacial score (nSPS) is 14.8. The second-order valence-electron chi connectivity index (χ2n) is 18.0. The van der Waals surface area contributed by atoms with Gasteiger partial charge < -0.3 is 14.5 Å². The van der Waals surface area contributed by atoms with E-state index in [-0.39, 0.29) is 10.8 Å². The van der Waals surface area contributed by atoms with Crippen LogP contribution in [0.15, 0.2) is 194 Å². The fraction of sp³-hybridized carbons (Fsp3) is 0.121. The lowest BCUT2D eigenvalue weighted by molar-refractivity contribution is 0.306. The first-order valence-corrected chi connectivity index (χ1v) is 21.9. The standard InChI is InChI=1S/C58H46N4O/c1-57(2)49-28-15-27-48-47-32-31-43(36-52(47)62(54(48)49)56-50(58(57,3)4)29-16-34-59-56)63-42-23-13-22-41(35-42)60-37-61(55-46-24-12-11-21-40(46)30-33-51(55)60)53-44(38-17-7-5-8-18-38)25-14-26-45(53)39-19-9-6-10-20-39/h5-36H,37H2,1-4H3. The monoisotopic (exact) mass is 814 g/mol. The van der Waals surface area contributed by atoms with Crippen LogP contribution in [0, 0.1) is 0 Å². The van der Waals surface area contributed by atoms with E-state index in [1.54, 1.807) is 0 Å². The molecule has 0 aliphatic carbocycles. The summed E-state index contributed by atoms with van der Waals surface area (Å²) >= 11 is 0. The number of para-hydroxylation sites is 2. The van der Waals surface area contributed by atoms with Gasteiger partial charge in [0.25, 0.3) is 0 Å².